The molecule has 1 aliphatic rings. The molecule has 0 amide bonds. The number of anilines is 1. The fraction of sp³-hybridized carbons (Fsp3) is 0.385. The van der Waals surface area contributed by atoms with E-state index < -0.39 is 12.0 Å². The Morgan fingerprint density at radius 2 is 2.14 bits per heavy atom. The maximum Gasteiger partial charge on any atom is 0.451 e. The summed E-state index contributed by atoms with van der Waals surface area (Å²) < 4.78 is 38.4. The molecule has 1 aliphatic heterocycles. The summed E-state index contributed by atoms with van der Waals surface area (Å²) >= 11 is 7.40. The smallest absolute Gasteiger partial charge is 0.349 e. The van der Waals surface area contributed by atoms with E-state index in [2.05, 4.69) is 9.97 Å². The molecule has 3 rings (SSSR count). The zero-order chi connectivity index (χ0) is 15.2. The molecule has 8 heteroatoms. The molecule has 1 atom stereocenters. The van der Waals surface area contributed by atoms with Crippen LogP contribution < -0.4 is 4.90 Å². The summed E-state index contributed by atoms with van der Waals surface area (Å²) in [6.45, 7) is 2.56. The Labute approximate surface area is 128 Å². The Balaban J connectivity index is 2.00. The van der Waals surface area contributed by atoms with Crippen LogP contribution >= 0.6 is 22.9 Å². The number of aromatic nitrogens is 2. The second-order valence-electron chi connectivity index (χ2n) is 4.79. The van der Waals surface area contributed by atoms with E-state index in [0.29, 0.717) is 6.54 Å². The molecule has 112 valence electrons. The van der Waals surface area contributed by atoms with Gasteiger partial charge in [-0.1, -0.05) is 11.6 Å². The fourth-order valence-electron chi connectivity index (χ4n) is 2.50. The molecule has 2 aromatic heterocycles. The first-order chi connectivity index (χ1) is 9.86. The minimum Gasteiger partial charge on any atom is -0.349 e. The average Bonchev–Trinajstić information content (AvgIpc) is 2.86. The SMILES string of the molecule is CC1c2ccsc2CCN1c1cc(Cl)nc(C(F)(F)F)n1. The van der Waals surface area contributed by atoms with Gasteiger partial charge in [-0.2, -0.15) is 13.2 Å². The Hall–Kier alpha value is -1.34. The summed E-state index contributed by atoms with van der Waals surface area (Å²) in [5, 5.41) is 1.80. The Kier molecular flexibility index (Phi) is 3.57. The van der Waals surface area contributed by atoms with E-state index in [0.717, 1.165) is 12.0 Å². The summed E-state index contributed by atoms with van der Waals surface area (Å²) in [6, 6.07) is 3.35. The molecule has 1 unspecified atom stereocenters. The number of halogens is 4. The van der Waals surface area contributed by atoms with Crippen molar-refractivity contribution < 1.29 is 13.2 Å². The first-order valence-corrected chi connectivity index (χ1v) is 7.56. The van der Waals surface area contributed by atoms with E-state index in [1.165, 1.54) is 10.9 Å². The molecule has 0 aliphatic carbocycles. The van der Waals surface area contributed by atoms with E-state index in [1.807, 2.05) is 23.3 Å². The zero-order valence-corrected chi connectivity index (χ0v) is 12.6. The van der Waals surface area contributed by atoms with Gasteiger partial charge in [-0.15, -0.1) is 11.3 Å². The van der Waals surface area contributed by atoms with Gasteiger partial charge in [-0.3, -0.25) is 0 Å². The molecular weight excluding hydrogens is 323 g/mol. The van der Waals surface area contributed by atoms with Gasteiger partial charge in [0.1, 0.15) is 11.0 Å². The highest BCUT2D eigenvalue weighted by Gasteiger charge is 2.36. The molecule has 0 bridgehead atoms. The van der Waals surface area contributed by atoms with E-state index in [-0.39, 0.29) is 17.0 Å². The van der Waals surface area contributed by atoms with Crippen molar-refractivity contribution in [2.24, 2.45) is 0 Å². The Morgan fingerprint density at radius 3 is 2.86 bits per heavy atom. The summed E-state index contributed by atoms with van der Waals surface area (Å²) in [7, 11) is 0. The van der Waals surface area contributed by atoms with Gasteiger partial charge in [0.05, 0.1) is 6.04 Å². The van der Waals surface area contributed by atoms with Crippen LogP contribution in [0, 0.1) is 0 Å². The summed E-state index contributed by atoms with van der Waals surface area (Å²) in [5.41, 5.74) is 1.13. The minimum absolute atomic E-state index is 0.0351. The first kappa shape index (κ1) is 14.6. The zero-order valence-electron chi connectivity index (χ0n) is 11.0. The second kappa shape index (κ2) is 5.14. The van der Waals surface area contributed by atoms with Gasteiger partial charge < -0.3 is 4.90 Å². The summed E-state index contributed by atoms with van der Waals surface area (Å²) in [5.74, 6) is -0.986. The van der Waals surface area contributed by atoms with Gasteiger partial charge in [0.25, 0.3) is 0 Å². The summed E-state index contributed by atoms with van der Waals surface area (Å²) in [4.78, 5) is 10.0. The van der Waals surface area contributed by atoms with Gasteiger partial charge in [0.15, 0.2) is 0 Å². The molecule has 0 saturated heterocycles. The van der Waals surface area contributed by atoms with Gasteiger partial charge >= 0.3 is 6.18 Å². The van der Waals surface area contributed by atoms with E-state index >= 15 is 0 Å². The van der Waals surface area contributed by atoms with Crippen molar-refractivity contribution in [2.75, 3.05) is 11.4 Å². The highest BCUT2D eigenvalue weighted by molar-refractivity contribution is 7.10. The van der Waals surface area contributed by atoms with E-state index in [9.17, 15) is 13.2 Å². The van der Waals surface area contributed by atoms with Crippen LogP contribution in [0.5, 0.6) is 0 Å². The van der Waals surface area contributed by atoms with Crippen LogP contribution in [-0.4, -0.2) is 16.5 Å². The number of hydrogen-bond acceptors (Lipinski definition) is 4. The molecule has 0 saturated carbocycles. The number of rotatable bonds is 1. The monoisotopic (exact) mass is 333 g/mol. The molecule has 2 aromatic rings. The van der Waals surface area contributed by atoms with Gasteiger partial charge in [0, 0.05) is 17.5 Å². The van der Waals surface area contributed by atoms with Crippen molar-refractivity contribution in [2.45, 2.75) is 25.6 Å². The molecule has 3 heterocycles. The van der Waals surface area contributed by atoms with Crippen LogP contribution in [0.25, 0.3) is 0 Å². The van der Waals surface area contributed by atoms with Crippen LogP contribution in [0.1, 0.15) is 29.2 Å². The van der Waals surface area contributed by atoms with Gasteiger partial charge in [0.2, 0.25) is 5.82 Å². The lowest BCUT2D eigenvalue weighted by atomic mass is 10.0. The normalized spacial score (nSPS) is 18.7. The minimum atomic E-state index is -4.60. The first-order valence-electron chi connectivity index (χ1n) is 6.31. The lowest BCUT2D eigenvalue weighted by Crippen LogP contribution is -2.34. The topological polar surface area (TPSA) is 29.0 Å². The lowest BCUT2D eigenvalue weighted by Gasteiger charge is -2.34. The van der Waals surface area contributed by atoms with Crippen molar-refractivity contribution in [3.63, 3.8) is 0 Å². The van der Waals surface area contributed by atoms with E-state index in [1.54, 1.807) is 11.3 Å². The van der Waals surface area contributed by atoms with Crippen LogP contribution in [0.2, 0.25) is 5.15 Å². The maximum absolute atomic E-state index is 12.8. The number of nitrogens with zero attached hydrogens (tertiary/aromatic N) is 3. The molecule has 0 fully saturated rings. The highest BCUT2D eigenvalue weighted by atomic mass is 35.5. The number of thiophene rings is 1. The number of hydrogen-bond donors (Lipinski definition) is 0. The third-order valence-corrected chi connectivity index (χ3v) is 4.70. The predicted octanol–water partition coefficient (Wildman–Crippen LogP) is 4.33. The molecule has 0 aromatic carbocycles. The lowest BCUT2D eigenvalue weighted by molar-refractivity contribution is -0.144. The standard InChI is InChI=1S/C13H11ClF3N3S/c1-7-8-3-5-21-9(8)2-4-20(7)11-6-10(14)18-12(19-11)13(15,16)17/h3,5-7H,2,4H2,1H3. The van der Waals surface area contributed by atoms with Crippen molar-refractivity contribution in [3.8, 4) is 0 Å². The third kappa shape index (κ3) is 2.72. The van der Waals surface area contributed by atoms with Gasteiger partial charge in [-0.05, 0) is 30.4 Å². The van der Waals surface area contributed by atoms with Crippen molar-refractivity contribution >= 4 is 28.8 Å². The average molecular weight is 334 g/mol. The van der Waals surface area contributed by atoms with Gasteiger partial charge in [-0.25, -0.2) is 9.97 Å². The predicted molar refractivity (Wildman–Crippen MR) is 75.8 cm³/mol. The molecule has 0 N–H and O–H groups in total. The second-order valence-corrected chi connectivity index (χ2v) is 6.18. The molecule has 0 spiro atoms. The van der Waals surface area contributed by atoms with E-state index in [4.69, 9.17) is 11.6 Å². The van der Waals surface area contributed by atoms with Crippen molar-refractivity contribution in [1.29, 1.82) is 0 Å². The number of alkyl halides is 3. The molecule has 21 heavy (non-hydrogen) atoms. The Morgan fingerprint density at radius 1 is 1.38 bits per heavy atom. The number of fused-ring (bicyclic) bond motifs is 1. The van der Waals surface area contributed by atoms with Crippen LogP contribution in [0.3, 0.4) is 0 Å². The largest absolute Gasteiger partial charge is 0.451 e. The third-order valence-electron chi connectivity index (χ3n) is 3.51. The van der Waals surface area contributed by atoms with Crippen molar-refractivity contribution in [3.05, 3.63) is 38.9 Å². The quantitative estimate of drug-likeness (QED) is 0.727. The van der Waals surface area contributed by atoms with Crippen LogP contribution in [0.15, 0.2) is 17.5 Å². The maximum atomic E-state index is 12.8. The fourth-order valence-corrected chi connectivity index (χ4v) is 3.64. The highest BCUT2D eigenvalue weighted by Crippen LogP contribution is 2.37. The van der Waals surface area contributed by atoms with Crippen molar-refractivity contribution in [1.82, 2.24) is 9.97 Å². The molecule has 0 radical (unpaired) electrons. The summed E-state index contributed by atoms with van der Waals surface area (Å²) in [6.07, 6.45) is -3.81. The molecular formula is C13H11ClF3N3S. The Bertz CT molecular complexity index is 671. The molecule has 3 nitrogen and oxygen atoms in total. The van der Waals surface area contributed by atoms with Crippen LogP contribution in [-0.2, 0) is 12.6 Å². The van der Waals surface area contributed by atoms with Crippen LogP contribution in [0.4, 0.5) is 19.0 Å².